The summed E-state index contributed by atoms with van der Waals surface area (Å²) >= 11 is 2.85. The topological polar surface area (TPSA) is 111 Å². The molecule has 172 valence electrons. The lowest BCUT2D eigenvalue weighted by Gasteiger charge is -2.14. The average Bonchev–Trinajstić information content (AvgIpc) is 3.29. The monoisotopic (exact) mass is 492 g/mol. The predicted octanol–water partition coefficient (Wildman–Crippen LogP) is 4.15. The van der Waals surface area contributed by atoms with Gasteiger partial charge in [0.1, 0.15) is 12.1 Å². The van der Waals surface area contributed by atoms with Crippen LogP contribution in [0, 0.1) is 6.92 Å². The summed E-state index contributed by atoms with van der Waals surface area (Å²) in [4.78, 5) is 39.5. The van der Waals surface area contributed by atoms with E-state index in [0.29, 0.717) is 34.9 Å². The first kappa shape index (κ1) is 22.1. The Labute approximate surface area is 203 Å². The number of hydrogen-bond donors (Lipinski definition) is 2. The van der Waals surface area contributed by atoms with Crippen molar-refractivity contribution >= 4 is 51.8 Å². The van der Waals surface area contributed by atoms with Gasteiger partial charge >= 0.3 is 6.03 Å². The van der Waals surface area contributed by atoms with Crippen LogP contribution in [0.2, 0.25) is 0 Å². The van der Waals surface area contributed by atoms with Crippen LogP contribution >= 0.6 is 23.3 Å². The van der Waals surface area contributed by atoms with Crippen LogP contribution in [0.3, 0.4) is 0 Å². The zero-order valence-electron chi connectivity index (χ0n) is 18.1. The first-order chi connectivity index (χ1) is 16.6. The van der Waals surface area contributed by atoms with Crippen molar-refractivity contribution < 1.29 is 9.53 Å². The number of aromatic nitrogens is 3. The highest BCUT2D eigenvalue weighted by Gasteiger charge is 2.13. The van der Waals surface area contributed by atoms with E-state index in [4.69, 9.17) is 4.74 Å². The van der Waals surface area contributed by atoms with Gasteiger partial charge in [0.2, 0.25) is 5.90 Å². The number of benzene rings is 1. The molecule has 11 heteroatoms. The van der Waals surface area contributed by atoms with Crippen LogP contribution in [0.15, 0.2) is 69.0 Å². The number of urea groups is 1. The standard InChI is InChI=1S/C23H20N6O3S2/c1-14-3-8-20(33-14)34-28-23(31)27-16-5-7-19(25-12-16)29-13-26-18-11-15(4-6-17(18)22(29)30)21-24-9-2-10-32-21/h3-8,11-13H,2,9-10H2,1H3,(H2,27,28,31). The quantitative estimate of drug-likeness (QED) is 0.405. The van der Waals surface area contributed by atoms with E-state index in [1.165, 1.54) is 33.9 Å². The SMILES string of the molecule is Cc1ccc(SNC(=O)Nc2ccc(-n3cnc4cc(C5=NCCCO5)ccc4c3=O)nc2)s1. The first-order valence-electron chi connectivity index (χ1n) is 10.5. The van der Waals surface area contributed by atoms with Crippen LogP contribution in [0.5, 0.6) is 0 Å². The van der Waals surface area contributed by atoms with Crippen molar-refractivity contribution in [1.29, 1.82) is 0 Å². The highest BCUT2D eigenvalue weighted by Crippen LogP contribution is 2.24. The Morgan fingerprint density at radius 2 is 2.09 bits per heavy atom. The summed E-state index contributed by atoms with van der Waals surface area (Å²) in [5, 5.41) is 3.19. The molecule has 4 heterocycles. The van der Waals surface area contributed by atoms with Gasteiger partial charge in [0.05, 0.1) is 33.6 Å². The van der Waals surface area contributed by atoms with Gasteiger partial charge in [-0.1, -0.05) is 0 Å². The minimum absolute atomic E-state index is 0.239. The van der Waals surface area contributed by atoms with Crippen LogP contribution in [-0.4, -0.2) is 39.6 Å². The number of anilines is 1. The number of hydrogen-bond acceptors (Lipinski definition) is 8. The van der Waals surface area contributed by atoms with Gasteiger partial charge in [-0.2, -0.15) is 0 Å². The summed E-state index contributed by atoms with van der Waals surface area (Å²) in [7, 11) is 0. The maximum atomic E-state index is 13.0. The molecule has 1 aliphatic rings. The van der Waals surface area contributed by atoms with Gasteiger partial charge in [0, 0.05) is 23.4 Å². The number of ether oxygens (including phenoxy) is 1. The van der Waals surface area contributed by atoms with Gasteiger partial charge in [0.25, 0.3) is 5.56 Å². The fraction of sp³-hybridized carbons (Fsp3) is 0.174. The Morgan fingerprint density at radius 3 is 2.82 bits per heavy atom. The normalized spacial score (nSPS) is 13.3. The van der Waals surface area contributed by atoms with E-state index < -0.39 is 0 Å². The molecule has 0 unspecified atom stereocenters. The number of aliphatic imine (C=N–C) groups is 1. The van der Waals surface area contributed by atoms with E-state index in [1.54, 1.807) is 35.6 Å². The van der Waals surface area contributed by atoms with Crippen LogP contribution < -0.4 is 15.6 Å². The van der Waals surface area contributed by atoms with Crippen molar-refractivity contribution in [3.63, 3.8) is 0 Å². The smallest absolute Gasteiger partial charge is 0.329 e. The molecule has 0 saturated carbocycles. The number of pyridine rings is 1. The van der Waals surface area contributed by atoms with Crippen LogP contribution in [0.1, 0.15) is 16.9 Å². The lowest BCUT2D eigenvalue weighted by molar-refractivity contribution is 0.257. The van der Waals surface area contributed by atoms with Crippen molar-refractivity contribution in [2.75, 3.05) is 18.5 Å². The number of fused-ring (bicyclic) bond motifs is 1. The lowest BCUT2D eigenvalue weighted by atomic mass is 10.1. The Hall–Kier alpha value is -3.70. The molecule has 3 aromatic heterocycles. The Bertz CT molecular complexity index is 1450. The van der Waals surface area contributed by atoms with E-state index in [9.17, 15) is 9.59 Å². The van der Waals surface area contributed by atoms with Gasteiger partial charge in [-0.3, -0.25) is 19.1 Å². The molecule has 0 fully saturated rings. The third-order valence-electron chi connectivity index (χ3n) is 5.02. The summed E-state index contributed by atoms with van der Waals surface area (Å²) in [6.07, 6.45) is 3.84. The number of aryl methyl sites for hydroxylation is 1. The summed E-state index contributed by atoms with van der Waals surface area (Å²) in [6, 6.07) is 12.3. The number of nitrogens with one attached hydrogen (secondary N) is 2. The molecule has 0 radical (unpaired) electrons. The molecule has 0 spiro atoms. The number of rotatable bonds is 5. The maximum absolute atomic E-state index is 13.0. The van der Waals surface area contributed by atoms with E-state index in [2.05, 4.69) is 25.0 Å². The lowest BCUT2D eigenvalue weighted by Crippen LogP contribution is -2.23. The molecular formula is C23H20N6O3S2. The zero-order valence-corrected chi connectivity index (χ0v) is 19.8. The van der Waals surface area contributed by atoms with Crippen molar-refractivity contribution in [2.45, 2.75) is 17.6 Å². The third kappa shape index (κ3) is 4.80. The summed E-state index contributed by atoms with van der Waals surface area (Å²) in [5.41, 5.74) is 1.63. The van der Waals surface area contributed by atoms with E-state index >= 15 is 0 Å². The molecule has 0 aliphatic carbocycles. The van der Waals surface area contributed by atoms with Crippen LogP contribution in [0.25, 0.3) is 16.7 Å². The molecule has 0 bridgehead atoms. The second-order valence-corrected chi connectivity index (χ2v) is 9.86. The fourth-order valence-electron chi connectivity index (χ4n) is 3.37. The second-order valence-electron chi connectivity index (χ2n) is 7.47. The number of carbonyl (C=O) groups is 1. The molecule has 2 amide bonds. The highest BCUT2D eigenvalue weighted by molar-refractivity contribution is 7.99. The molecule has 0 atom stereocenters. The summed E-state index contributed by atoms with van der Waals surface area (Å²) in [5.74, 6) is 0.981. The van der Waals surface area contributed by atoms with Crippen molar-refractivity contribution in [3.05, 3.63) is 75.8 Å². The molecule has 4 aromatic rings. The molecule has 9 nitrogen and oxygen atoms in total. The summed E-state index contributed by atoms with van der Waals surface area (Å²) in [6.45, 7) is 3.38. The predicted molar refractivity (Wildman–Crippen MR) is 134 cm³/mol. The van der Waals surface area contributed by atoms with Gasteiger partial charge in [0.15, 0.2) is 0 Å². The largest absolute Gasteiger partial charge is 0.477 e. The number of nitrogens with zero attached hydrogens (tertiary/aromatic N) is 4. The number of thiophene rings is 1. The molecule has 5 rings (SSSR count). The van der Waals surface area contributed by atoms with Gasteiger partial charge < -0.3 is 10.1 Å². The van der Waals surface area contributed by atoms with Crippen molar-refractivity contribution in [3.8, 4) is 5.82 Å². The summed E-state index contributed by atoms with van der Waals surface area (Å²) < 4.78 is 10.7. The minimum atomic E-state index is -0.363. The van der Waals surface area contributed by atoms with Gasteiger partial charge in [-0.05, 0) is 61.3 Å². The Morgan fingerprint density at radius 1 is 1.18 bits per heavy atom. The van der Waals surface area contributed by atoms with Gasteiger partial charge in [-0.15, -0.1) is 11.3 Å². The molecule has 2 N–H and O–H groups in total. The Kier molecular flexibility index (Phi) is 6.28. The van der Waals surface area contributed by atoms with E-state index in [-0.39, 0.29) is 11.6 Å². The van der Waals surface area contributed by atoms with Crippen LogP contribution in [0.4, 0.5) is 10.5 Å². The van der Waals surface area contributed by atoms with Crippen molar-refractivity contribution in [2.24, 2.45) is 4.99 Å². The van der Waals surface area contributed by atoms with E-state index in [1.807, 2.05) is 25.1 Å². The number of carbonyl (C=O) groups excluding carboxylic acids is 1. The molecule has 1 aromatic carbocycles. The van der Waals surface area contributed by atoms with E-state index in [0.717, 1.165) is 22.7 Å². The average molecular weight is 493 g/mol. The van der Waals surface area contributed by atoms with Crippen LogP contribution in [-0.2, 0) is 4.74 Å². The first-order valence-corrected chi connectivity index (χ1v) is 12.2. The molecular weight excluding hydrogens is 472 g/mol. The Balaban J connectivity index is 1.30. The maximum Gasteiger partial charge on any atom is 0.329 e. The van der Waals surface area contributed by atoms with Crippen molar-refractivity contribution in [1.82, 2.24) is 19.3 Å². The van der Waals surface area contributed by atoms with Gasteiger partial charge in [-0.25, -0.2) is 14.8 Å². The minimum Gasteiger partial charge on any atom is -0.477 e. The number of amides is 2. The molecule has 34 heavy (non-hydrogen) atoms. The third-order valence-corrected chi connectivity index (χ3v) is 6.94. The fourth-order valence-corrected chi connectivity index (χ4v) is 5.03. The second kappa shape index (κ2) is 9.65. The highest BCUT2D eigenvalue weighted by atomic mass is 32.2. The molecule has 1 aliphatic heterocycles. The molecule has 0 saturated heterocycles. The zero-order chi connectivity index (χ0) is 23.5.